The van der Waals surface area contributed by atoms with Crippen molar-refractivity contribution < 1.29 is 4.52 Å². The zero-order valence-electron chi connectivity index (χ0n) is 9.01. The maximum Gasteiger partial charge on any atom is 0.141 e. The average molecular weight is 214 g/mol. The maximum atomic E-state index is 8.29. The van der Waals surface area contributed by atoms with E-state index >= 15 is 0 Å². The lowest BCUT2D eigenvalue weighted by Gasteiger charge is -2.00. The third-order valence-electron chi connectivity index (χ3n) is 2.35. The second-order valence-electron chi connectivity index (χ2n) is 3.44. The zero-order valence-corrected chi connectivity index (χ0v) is 9.01. The molecule has 80 valence electrons. The second kappa shape index (κ2) is 4.08. The first-order valence-corrected chi connectivity index (χ1v) is 4.81. The smallest absolute Gasteiger partial charge is 0.141 e. The predicted molar refractivity (Wildman–Crippen MR) is 60.2 cm³/mol. The van der Waals surface area contributed by atoms with E-state index in [0.717, 1.165) is 22.6 Å². The molecule has 0 fully saturated rings. The van der Waals surface area contributed by atoms with Gasteiger partial charge in [0.15, 0.2) is 0 Å². The molecule has 0 bridgehead atoms. The molecule has 0 N–H and O–H groups in total. The van der Waals surface area contributed by atoms with Crippen LogP contribution in [0.1, 0.15) is 11.5 Å². The molecule has 0 saturated heterocycles. The monoisotopic (exact) mass is 214 g/mol. The van der Waals surface area contributed by atoms with Crippen molar-refractivity contribution in [1.29, 1.82) is 0 Å². The summed E-state index contributed by atoms with van der Waals surface area (Å²) in [6.07, 6.45) is 0. The van der Waals surface area contributed by atoms with E-state index in [2.05, 4.69) is 15.2 Å². The number of rotatable bonds is 2. The molecule has 1 aromatic carbocycles. The summed E-state index contributed by atoms with van der Waals surface area (Å²) < 4.78 is 5.10. The van der Waals surface area contributed by atoms with Crippen LogP contribution in [0.5, 0.6) is 0 Å². The van der Waals surface area contributed by atoms with E-state index in [9.17, 15) is 0 Å². The molecule has 0 aliphatic carbocycles. The number of hydrogen-bond donors (Lipinski definition) is 0. The molecule has 1 heterocycles. The van der Waals surface area contributed by atoms with Crippen molar-refractivity contribution in [1.82, 2.24) is 5.16 Å². The highest BCUT2D eigenvalue weighted by Crippen LogP contribution is 2.28. The van der Waals surface area contributed by atoms with E-state index in [1.807, 2.05) is 26.0 Å². The fraction of sp³-hybridized carbons (Fsp3) is 0.182. The van der Waals surface area contributed by atoms with Crippen LogP contribution in [-0.2, 0) is 0 Å². The van der Waals surface area contributed by atoms with Crippen molar-refractivity contribution in [2.24, 2.45) is 5.11 Å². The van der Waals surface area contributed by atoms with Crippen LogP contribution in [0.3, 0.4) is 0 Å². The third-order valence-corrected chi connectivity index (χ3v) is 2.35. The molecular formula is C11H10N4O. The molecule has 0 radical (unpaired) electrons. The van der Waals surface area contributed by atoms with Crippen LogP contribution in [0.4, 0.5) is 5.69 Å². The number of aromatic nitrogens is 1. The molecule has 2 aromatic rings. The zero-order chi connectivity index (χ0) is 11.5. The van der Waals surface area contributed by atoms with Gasteiger partial charge in [0, 0.05) is 16.2 Å². The lowest BCUT2D eigenvalue weighted by Crippen LogP contribution is -1.80. The normalized spacial score (nSPS) is 9.88. The molecule has 1 aromatic heterocycles. The molecule has 5 heteroatoms. The summed E-state index contributed by atoms with van der Waals surface area (Å²) in [6, 6.07) is 7.30. The van der Waals surface area contributed by atoms with Crippen LogP contribution in [0.15, 0.2) is 33.9 Å². The van der Waals surface area contributed by atoms with E-state index in [1.54, 1.807) is 12.1 Å². The van der Waals surface area contributed by atoms with Gasteiger partial charge in [0.05, 0.1) is 5.69 Å². The molecule has 0 saturated carbocycles. The fourth-order valence-corrected chi connectivity index (χ4v) is 1.64. The van der Waals surface area contributed by atoms with Crippen molar-refractivity contribution in [3.63, 3.8) is 0 Å². The van der Waals surface area contributed by atoms with Crippen LogP contribution in [0.2, 0.25) is 0 Å². The Labute approximate surface area is 92.3 Å². The molecule has 0 aliphatic rings. The Hall–Kier alpha value is -2.26. The minimum absolute atomic E-state index is 0.595. The van der Waals surface area contributed by atoms with Crippen LogP contribution in [-0.4, -0.2) is 5.16 Å². The van der Waals surface area contributed by atoms with Gasteiger partial charge >= 0.3 is 0 Å². The van der Waals surface area contributed by atoms with Gasteiger partial charge in [-0.05, 0) is 24.9 Å². The SMILES string of the molecule is Cc1noc(C)c1-c1ccc(N=[N+]=[N-])cc1. The van der Waals surface area contributed by atoms with E-state index < -0.39 is 0 Å². The van der Waals surface area contributed by atoms with Crippen molar-refractivity contribution in [3.8, 4) is 11.1 Å². The Morgan fingerprint density at radius 1 is 1.25 bits per heavy atom. The van der Waals surface area contributed by atoms with E-state index in [0.29, 0.717) is 5.69 Å². The number of nitrogens with zero attached hydrogens (tertiary/aromatic N) is 4. The topological polar surface area (TPSA) is 74.8 Å². The van der Waals surface area contributed by atoms with E-state index in [4.69, 9.17) is 10.1 Å². The van der Waals surface area contributed by atoms with Crippen molar-refractivity contribution in [2.75, 3.05) is 0 Å². The first-order valence-electron chi connectivity index (χ1n) is 4.81. The highest BCUT2D eigenvalue weighted by molar-refractivity contribution is 5.68. The molecule has 5 nitrogen and oxygen atoms in total. The van der Waals surface area contributed by atoms with Gasteiger partial charge in [-0.1, -0.05) is 34.5 Å². The summed E-state index contributed by atoms with van der Waals surface area (Å²) in [5, 5.41) is 7.41. The van der Waals surface area contributed by atoms with Crippen LogP contribution >= 0.6 is 0 Å². The third kappa shape index (κ3) is 1.76. The first-order chi connectivity index (χ1) is 7.72. The standard InChI is InChI=1S/C11H10N4O/c1-7-11(8(2)16-14-7)9-3-5-10(6-4-9)13-15-12/h3-6H,1-2H3. The second-order valence-corrected chi connectivity index (χ2v) is 3.44. The Bertz CT molecular complexity index is 530. The van der Waals surface area contributed by atoms with Gasteiger partial charge in [-0.2, -0.15) is 0 Å². The first kappa shape index (κ1) is 10.3. The van der Waals surface area contributed by atoms with Crippen LogP contribution in [0, 0.1) is 13.8 Å². The molecular weight excluding hydrogens is 204 g/mol. The Balaban J connectivity index is 2.46. The minimum atomic E-state index is 0.595. The van der Waals surface area contributed by atoms with Gasteiger partial charge in [-0.15, -0.1) is 0 Å². The summed E-state index contributed by atoms with van der Waals surface area (Å²) in [5.41, 5.74) is 11.7. The van der Waals surface area contributed by atoms with Gasteiger partial charge in [-0.25, -0.2) is 0 Å². The summed E-state index contributed by atoms with van der Waals surface area (Å²) in [4.78, 5) is 2.73. The van der Waals surface area contributed by atoms with Gasteiger partial charge in [0.1, 0.15) is 5.76 Å². The number of aryl methyl sites for hydroxylation is 2. The molecule has 0 amide bonds. The van der Waals surface area contributed by atoms with Gasteiger partial charge in [-0.3, -0.25) is 0 Å². The molecule has 0 aliphatic heterocycles. The summed E-state index contributed by atoms with van der Waals surface area (Å²) in [7, 11) is 0. The average Bonchev–Trinajstić information content (AvgIpc) is 2.61. The Kier molecular flexibility index (Phi) is 2.62. The Morgan fingerprint density at radius 2 is 1.94 bits per heavy atom. The molecule has 2 rings (SSSR count). The largest absolute Gasteiger partial charge is 0.361 e. The lowest BCUT2D eigenvalue weighted by molar-refractivity contribution is 0.393. The van der Waals surface area contributed by atoms with Gasteiger partial charge < -0.3 is 4.52 Å². The van der Waals surface area contributed by atoms with E-state index in [-0.39, 0.29) is 0 Å². The molecule has 16 heavy (non-hydrogen) atoms. The van der Waals surface area contributed by atoms with Crippen molar-refractivity contribution in [2.45, 2.75) is 13.8 Å². The van der Waals surface area contributed by atoms with Crippen molar-refractivity contribution in [3.05, 3.63) is 46.2 Å². The molecule has 0 spiro atoms. The van der Waals surface area contributed by atoms with Crippen molar-refractivity contribution >= 4 is 5.69 Å². The van der Waals surface area contributed by atoms with Gasteiger partial charge in [0.2, 0.25) is 0 Å². The summed E-state index contributed by atoms with van der Waals surface area (Å²) in [6.45, 7) is 3.77. The number of benzene rings is 1. The Morgan fingerprint density at radius 3 is 2.44 bits per heavy atom. The summed E-state index contributed by atoms with van der Waals surface area (Å²) in [5.74, 6) is 0.786. The maximum absolute atomic E-state index is 8.29. The highest BCUT2D eigenvalue weighted by atomic mass is 16.5. The number of azide groups is 1. The van der Waals surface area contributed by atoms with E-state index in [1.165, 1.54) is 0 Å². The number of hydrogen-bond acceptors (Lipinski definition) is 3. The van der Waals surface area contributed by atoms with Gasteiger partial charge in [0.25, 0.3) is 0 Å². The van der Waals surface area contributed by atoms with Crippen LogP contribution < -0.4 is 0 Å². The molecule has 0 unspecified atom stereocenters. The predicted octanol–water partition coefficient (Wildman–Crippen LogP) is 3.90. The highest BCUT2D eigenvalue weighted by Gasteiger charge is 2.10. The van der Waals surface area contributed by atoms with Crippen LogP contribution in [0.25, 0.3) is 21.6 Å². The lowest BCUT2D eigenvalue weighted by atomic mass is 10.0. The summed E-state index contributed by atoms with van der Waals surface area (Å²) >= 11 is 0. The fourth-order valence-electron chi connectivity index (χ4n) is 1.64. The molecule has 0 atom stereocenters. The minimum Gasteiger partial charge on any atom is -0.361 e. The quantitative estimate of drug-likeness (QED) is 0.432.